The van der Waals surface area contributed by atoms with Crippen LogP contribution in [0.15, 0.2) is 39.8 Å². The predicted octanol–water partition coefficient (Wildman–Crippen LogP) is 2.65. The molecule has 1 N–H and O–H groups in total. The van der Waals surface area contributed by atoms with E-state index in [-0.39, 0.29) is 24.0 Å². The topological polar surface area (TPSA) is 79.2 Å². The van der Waals surface area contributed by atoms with E-state index in [9.17, 15) is 14.9 Å². The Bertz CT molecular complexity index is 678. The lowest BCUT2D eigenvalue weighted by atomic mass is 9.87. The highest BCUT2D eigenvalue weighted by molar-refractivity contribution is 8.03. The van der Waals surface area contributed by atoms with Gasteiger partial charge in [0.05, 0.1) is 29.5 Å². The van der Waals surface area contributed by atoms with Crippen LogP contribution in [-0.4, -0.2) is 31.0 Å². The molecule has 0 radical (unpaired) electrons. The van der Waals surface area contributed by atoms with Crippen LogP contribution in [0.3, 0.4) is 0 Å². The fourth-order valence-corrected chi connectivity index (χ4v) is 3.56. The number of amides is 1. The van der Waals surface area contributed by atoms with Crippen LogP contribution in [0.4, 0.5) is 0 Å². The number of benzene rings is 1. The first-order chi connectivity index (χ1) is 11.1. The molecular formula is C16H16N2O3S2. The first-order valence-corrected chi connectivity index (χ1v) is 9.07. The molecule has 0 saturated heterocycles. The van der Waals surface area contributed by atoms with Crippen molar-refractivity contribution in [3.05, 3.63) is 40.4 Å². The van der Waals surface area contributed by atoms with Gasteiger partial charge in [0, 0.05) is 17.2 Å². The Morgan fingerprint density at radius 3 is 2.70 bits per heavy atom. The van der Waals surface area contributed by atoms with Crippen molar-refractivity contribution < 1.29 is 14.3 Å². The summed E-state index contributed by atoms with van der Waals surface area (Å²) in [6, 6.07) is 10.0. The zero-order valence-electron chi connectivity index (χ0n) is 12.8. The maximum atomic E-state index is 12.0. The van der Waals surface area contributed by atoms with Gasteiger partial charge < -0.3 is 10.1 Å². The Kier molecular flexibility index (Phi) is 6.13. The Labute approximate surface area is 143 Å². The van der Waals surface area contributed by atoms with E-state index in [0.29, 0.717) is 10.6 Å². The lowest BCUT2D eigenvalue weighted by molar-refractivity contribution is -0.137. The maximum absolute atomic E-state index is 12.0. The second-order valence-electron chi connectivity index (χ2n) is 4.80. The molecule has 1 amide bonds. The Morgan fingerprint density at radius 2 is 2.13 bits per heavy atom. The van der Waals surface area contributed by atoms with Crippen LogP contribution in [-0.2, 0) is 14.3 Å². The molecule has 1 aliphatic rings. The Balaban J connectivity index is 2.31. The first-order valence-electron chi connectivity index (χ1n) is 6.86. The molecule has 0 bridgehead atoms. The van der Waals surface area contributed by atoms with Gasteiger partial charge in [-0.1, -0.05) is 23.9 Å². The summed E-state index contributed by atoms with van der Waals surface area (Å²) >= 11 is 2.75. The number of ether oxygens (including phenoxy) is 1. The van der Waals surface area contributed by atoms with Gasteiger partial charge in [-0.05, 0) is 24.0 Å². The highest BCUT2D eigenvalue weighted by atomic mass is 32.2. The van der Waals surface area contributed by atoms with E-state index in [1.165, 1.54) is 7.11 Å². The average molecular weight is 348 g/mol. The third-order valence-electron chi connectivity index (χ3n) is 3.44. The van der Waals surface area contributed by atoms with E-state index in [0.717, 1.165) is 22.2 Å². The zero-order valence-corrected chi connectivity index (χ0v) is 14.4. The summed E-state index contributed by atoms with van der Waals surface area (Å²) in [5.74, 6) is -0.796. The van der Waals surface area contributed by atoms with Crippen molar-refractivity contribution in [3.63, 3.8) is 0 Å². The van der Waals surface area contributed by atoms with Gasteiger partial charge in [0.15, 0.2) is 0 Å². The molecule has 2 rings (SSSR count). The molecule has 1 aromatic rings. The standard InChI is InChI=1S/C16H16N2O3S2/c1-21-15(20)9-23-16-13(8-17)12(7-14(19)18-16)10-3-5-11(22-2)6-4-10/h3-6,12H,7,9H2,1-2H3,(H,18,19)/t12-/m0/s1. The van der Waals surface area contributed by atoms with Gasteiger partial charge in [0.2, 0.25) is 5.91 Å². The Morgan fingerprint density at radius 1 is 1.43 bits per heavy atom. The van der Waals surface area contributed by atoms with Crippen molar-refractivity contribution in [3.8, 4) is 6.07 Å². The summed E-state index contributed by atoms with van der Waals surface area (Å²) in [5, 5.41) is 12.6. The van der Waals surface area contributed by atoms with Crippen molar-refractivity contribution >= 4 is 35.4 Å². The second-order valence-corrected chi connectivity index (χ2v) is 6.66. The summed E-state index contributed by atoms with van der Waals surface area (Å²) < 4.78 is 4.59. The number of hydrogen-bond donors (Lipinski definition) is 1. The van der Waals surface area contributed by atoms with Gasteiger partial charge in [-0.2, -0.15) is 5.26 Å². The van der Waals surface area contributed by atoms with Crippen molar-refractivity contribution in [2.75, 3.05) is 19.1 Å². The van der Waals surface area contributed by atoms with Crippen LogP contribution in [0.2, 0.25) is 0 Å². The van der Waals surface area contributed by atoms with Gasteiger partial charge in [0.1, 0.15) is 0 Å². The third-order valence-corrected chi connectivity index (χ3v) is 5.17. The molecule has 1 aliphatic heterocycles. The van der Waals surface area contributed by atoms with Crippen molar-refractivity contribution in [2.45, 2.75) is 17.2 Å². The summed E-state index contributed by atoms with van der Waals surface area (Å²) in [5.41, 5.74) is 1.40. The number of nitrogens with one attached hydrogen (secondary N) is 1. The van der Waals surface area contributed by atoms with Gasteiger partial charge >= 0.3 is 5.97 Å². The molecule has 0 unspecified atom stereocenters. The number of carbonyl (C=O) groups excluding carboxylic acids is 2. The average Bonchev–Trinajstić information content (AvgIpc) is 2.59. The first kappa shape index (κ1) is 17.4. The SMILES string of the molecule is COC(=O)CSC1=C(C#N)[C@H](c2ccc(SC)cc2)CC(=O)N1. The number of rotatable bonds is 5. The molecule has 5 nitrogen and oxygen atoms in total. The Hall–Kier alpha value is -1.91. The number of methoxy groups -OCH3 is 1. The van der Waals surface area contributed by atoms with Gasteiger partial charge in [-0.3, -0.25) is 9.59 Å². The molecule has 1 atom stereocenters. The van der Waals surface area contributed by atoms with Crippen LogP contribution in [0, 0.1) is 11.3 Å². The number of carbonyl (C=O) groups is 2. The molecule has 23 heavy (non-hydrogen) atoms. The van der Waals surface area contributed by atoms with Crippen molar-refractivity contribution in [2.24, 2.45) is 0 Å². The fourth-order valence-electron chi connectivity index (χ4n) is 2.24. The number of nitriles is 1. The monoisotopic (exact) mass is 348 g/mol. The molecule has 120 valence electrons. The van der Waals surface area contributed by atoms with E-state index in [1.807, 2.05) is 30.5 Å². The van der Waals surface area contributed by atoms with Gasteiger partial charge in [-0.25, -0.2) is 0 Å². The third kappa shape index (κ3) is 4.30. The van der Waals surface area contributed by atoms with Crippen LogP contribution in [0.25, 0.3) is 0 Å². The minimum atomic E-state index is -0.402. The maximum Gasteiger partial charge on any atom is 0.316 e. The molecule has 1 heterocycles. The fraction of sp³-hybridized carbons (Fsp3) is 0.312. The highest BCUT2D eigenvalue weighted by Crippen LogP contribution is 2.36. The summed E-state index contributed by atoms with van der Waals surface area (Å²) in [4.78, 5) is 24.4. The summed E-state index contributed by atoms with van der Waals surface area (Å²) in [6.45, 7) is 0. The number of nitrogens with zero attached hydrogens (tertiary/aromatic N) is 1. The van der Waals surface area contributed by atoms with Crippen LogP contribution in [0.5, 0.6) is 0 Å². The van der Waals surface area contributed by atoms with Crippen molar-refractivity contribution in [1.29, 1.82) is 5.26 Å². The van der Waals surface area contributed by atoms with Gasteiger partial charge in [-0.15, -0.1) is 11.8 Å². The van der Waals surface area contributed by atoms with Crippen LogP contribution >= 0.6 is 23.5 Å². The lowest BCUT2D eigenvalue weighted by Crippen LogP contribution is -2.31. The van der Waals surface area contributed by atoms with E-state index >= 15 is 0 Å². The largest absolute Gasteiger partial charge is 0.468 e. The predicted molar refractivity (Wildman–Crippen MR) is 90.8 cm³/mol. The second kappa shape index (κ2) is 8.09. The molecule has 0 fully saturated rings. The molecule has 1 aromatic carbocycles. The normalized spacial score (nSPS) is 17.4. The smallest absolute Gasteiger partial charge is 0.316 e. The van der Waals surface area contributed by atoms with Crippen LogP contribution < -0.4 is 5.32 Å². The summed E-state index contributed by atoms with van der Waals surface area (Å²) in [7, 11) is 1.30. The minimum Gasteiger partial charge on any atom is -0.468 e. The number of thioether (sulfide) groups is 2. The number of esters is 1. The molecule has 7 heteroatoms. The zero-order chi connectivity index (χ0) is 16.8. The number of allylic oxidation sites excluding steroid dienone is 1. The van der Waals surface area contributed by atoms with Gasteiger partial charge in [0.25, 0.3) is 0 Å². The van der Waals surface area contributed by atoms with E-state index in [2.05, 4.69) is 16.1 Å². The highest BCUT2D eigenvalue weighted by Gasteiger charge is 2.29. The number of hydrogen-bond acceptors (Lipinski definition) is 6. The molecular weight excluding hydrogens is 332 g/mol. The molecule has 0 spiro atoms. The van der Waals surface area contributed by atoms with E-state index in [4.69, 9.17) is 0 Å². The molecule has 0 aliphatic carbocycles. The van der Waals surface area contributed by atoms with Crippen molar-refractivity contribution in [1.82, 2.24) is 5.32 Å². The summed E-state index contributed by atoms with van der Waals surface area (Å²) in [6.07, 6.45) is 2.22. The van der Waals surface area contributed by atoms with E-state index in [1.54, 1.807) is 11.8 Å². The minimum absolute atomic E-state index is 0.0510. The van der Waals surface area contributed by atoms with Crippen LogP contribution in [0.1, 0.15) is 17.9 Å². The quantitative estimate of drug-likeness (QED) is 0.651. The van der Waals surface area contributed by atoms with E-state index < -0.39 is 5.97 Å². The molecule has 0 aromatic heterocycles. The lowest BCUT2D eigenvalue weighted by Gasteiger charge is -2.25. The molecule has 0 saturated carbocycles.